The molecule has 2 amide bonds. The molecule has 1 heterocycles. The van der Waals surface area contributed by atoms with Crippen molar-refractivity contribution in [3.05, 3.63) is 34.9 Å². The van der Waals surface area contributed by atoms with Crippen molar-refractivity contribution in [3.8, 4) is 0 Å². The third-order valence-electron chi connectivity index (χ3n) is 5.49. The van der Waals surface area contributed by atoms with Crippen molar-refractivity contribution in [1.29, 1.82) is 0 Å². The van der Waals surface area contributed by atoms with E-state index in [1.54, 1.807) is 0 Å². The lowest BCUT2D eigenvalue weighted by Gasteiger charge is -2.35. The number of carbonyl (C=O) groups excluding carboxylic acids is 2. The Hall–Kier alpha value is -1.55. The maximum atomic E-state index is 12.5. The minimum absolute atomic E-state index is 0.0288. The van der Waals surface area contributed by atoms with E-state index >= 15 is 0 Å². The maximum absolute atomic E-state index is 12.5. The zero-order valence-electron chi connectivity index (χ0n) is 14.7. The Bertz CT molecular complexity index is 613. The van der Waals surface area contributed by atoms with E-state index in [1.807, 2.05) is 29.2 Å². The van der Waals surface area contributed by atoms with E-state index in [0.29, 0.717) is 36.9 Å². The van der Waals surface area contributed by atoms with Gasteiger partial charge in [-0.2, -0.15) is 0 Å². The summed E-state index contributed by atoms with van der Waals surface area (Å²) in [4.78, 5) is 26.7. The van der Waals surface area contributed by atoms with Crippen LogP contribution >= 0.6 is 11.6 Å². The first-order valence-corrected chi connectivity index (χ1v) is 9.80. The molecule has 2 fully saturated rings. The lowest BCUT2D eigenvalue weighted by Crippen LogP contribution is -2.47. The predicted octanol–water partition coefficient (Wildman–Crippen LogP) is 3.78. The van der Waals surface area contributed by atoms with Gasteiger partial charge < -0.3 is 10.2 Å². The first-order valence-electron chi connectivity index (χ1n) is 9.42. The molecule has 1 N–H and O–H groups in total. The van der Waals surface area contributed by atoms with Crippen LogP contribution in [0.1, 0.15) is 50.5 Å². The first-order chi connectivity index (χ1) is 12.1. The molecule has 0 radical (unpaired) electrons. The van der Waals surface area contributed by atoms with Crippen molar-refractivity contribution in [1.82, 2.24) is 10.2 Å². The minimum Gasteiger partial charge on any atom is -0.352 e. The summed E-state index contributed by atoms with van der Waals surface area (Å²) in [7, 11) is 0. The molecule has 2 aliphatic rings. The average molecular weight is 363 g/mol. The highest BCUT2D eigenvalue weighted by Crippen LogP contribution is 2.27. The molecule has 1 aliphatic carbocycles. The van der Waals surface area contributed by atoms with E-state index in [4.69, 9.17) is 11.6 Å². The summed E-state index contributed by atoms with van der Waals surface area (Å²) >= 11 is 6.14. The molecule has 1 saturated carbocycles. The van der Waals surface area contributed by atoms with E-state index in [9.17, 15) is 9.59 Å². The highest BCUT2D eigenvalue weighted by Gasteiger charge is 2.31. The smallest absolute Gasteiger partial charge is 0.225 e. The highest BCUT2D eigenvalue weighted by molar-refractivity contribution is 6.31. The number of rotatable bonds is 5. The second kappa shape index (κ2) is 8.70. The van der Waals surface area contributed by atoms with E-state index in [1.165, 1.54) is 32.1 Å². The number of halogens is 1. The number of hydrogen-bond acceptors (Lipinski definition) is 2. The maximum Gasteiger partial charge on any atom is 0.225 e. The molecular formula is C20H27ClN2O2. The quantitative estimate of drug-likeness (QED) is 0.866. The van der Waals surface area contributed by atoms with Crippen LogP contribution in [0.2, 0.25) is 5.02 Å². The molecule has 1 aromatic carbocycles. The zero-order chi connectivity index (χ0) is 17.6. The Kier molecular flexibility index (Phi) is 6.35. The van der Waals surface area contributed by atoms with Crippen LogP contribution in [0.25, 0.3) is 0 Å². The molecule has 1 aromatic rings. The lowest BCUT2D eigenvalue weighted by atomic mass is 9.87. The monoisotopic (exact) mass is 362 g/mol. The molecule has 1 atom stereocenters. The van der Waals surface area contributed by atoms with Gasteiger partial charge in [0.05, 0.1) is 5.92 Å². The van der Waals surface area contributed by atoms with Gasteiger partial charge in [-0.3, -0.25) is 9.59 Å². The summed E-state index contributed by atoms with van der Waals surface area (Å²) in [5, 5.41) is 3.65. The van der Waals surface area contributed by atoms with Crippen LogP contribution in [-0.2, 0) is 16.1 Å². The van der Waals surface area contributed by atoms with Gasteiger partial charge in [0.1, 0.15) is 0 Å². The second-order valence-corrected chi connectivity index (χ2v) is 7.75. The van der Waals surface area contributed by atoms with Gasteiger partial charge in [-0.25, -0.2) is 0 Å². The number of piperidine rings is 1. The molecule has 0 bridgehead atoms. The second-order valence-electron chi connectivity index (χ2n) is 7.35. The van der Waals surface area contributed by atoms with Gasteiger partial charge in [0.15, 0.2) is 0 Å². The Balaban J connectivity index is 1.52. The summed E-state index contributed by atoms with van der Waals surface area (Å²) in [5.41, 5.74) is 0.920. The SMILES string of the molecule is O=C(NCc1ccccc1Cl)[C@H]1CCC(=O)N(CC2CCCCC2)C1. The van der Waals surface area contributed by atoms with Crippen molar-refractivity contribution in [2.75, 3.05) is 13.1 Å². The lowest BCUT2D eigenvalue weighted by molar-refractivity contribution is -0.139. The summed E-state index contributed by atoms with van der Waals surface area (Å²) in [6.07, 6.45) is 7.42. The number of carbonyl (C=O) groups is 2. The van der Waals surface area contributed by atoms with Gasteiger partial charge in [0, 0.05) is 31.1 Å². The third kappa shape index (κ3) is 4.97. The first kappa shape index (κ1) is 18.2. The van der Waals surface area contributed by atoms with Crippen LogP contribution < -0.4 is 5.32 Å². The van der Waals surface area contributed by atoms with Crippen LogP contribution in [0.5, 0.6) is 0 Å². The van der Waals surface area contributed by atoms with Gasteiger partial charge in [-0.1, -0.05) is 49.1 Å². The largest absolute Gasteiger partial charge is 0.352 e. The minimum atomic E-state index is -0.108. The number of nitrogens with one attached hydrogen (secondary N) is 1. The Morgan fingerprint density at radius 1 is 1.16 bits per heavy atom. The molecule has 1 saturated heterocycles. The Morgan fingerprint density at radius 3 is 2.68 bits per heavy atom. The summed E-state index contributed by atoms with van der Waals surface area (Å²) < 4.78 is 0. The van der Waals surface area contributed by atoms with Crippen molar-refractivity contribution >= 4 is 23.4 Å². The van der Waals surface area contributed by atoms with E-state index in [-0.39, 0.29) is 17.7 Å². The van der Waals surface area contributed by atoms with Gasteiger partial charge >= 0.3 is 0 Å². The van der Waals surface area contributed by atoms with Crippen molar-refractivity contribution in [2.24, 2.45) is 11.8 Å². The number of likely N-dealkylation sites (tertiary alicyclic amines) is 1. The van der Waals surface area contributed by atoms with Gasteiger partial charge in [0.2, 0.25) is 11.8 Å². The third-order valence-corrected chi connectivity index (χ3v) is 5.85. The number of amides is 2. The molecular weight excluding hydrogens is 336 g/mol. The number of benzene rings is 1. The Morgan fingerprint density at radius 2 is 1.92 bits per heavy atom. The average Bonchev–Trinajstić information content (AvgIpc) is 2.63. The molecule has 4 nitrogen and oxygen atoms in total. The standard InChI is InChI=1S/C20H27ClN2O2/c21-18-9-5-4-8-16(18)12-22-20(25)17-10-11-19(24)23(14-17)13-15-6-2-1-3-7-15/h4-5,8-9,15,17H,1-3,6-7,10-14H2,(H,22,25)/t17-/m0/s1. The van der Waals surface area contributed by atoms with E-state index in [0.717, 1.165) is 12.1 Å². The van der Waals surface area contributed by atoms with Gasteiger partial charge in [0.25, 0.3) is 0 Å². The van der Waals surface area contributed by atoms with Crippen molar-refractivity contribution in [2.45, 2.75) is 51.5 Å². The van der Waals surface area contributed by atoms with E-state index in [2.05, 4.69) is 5.32 Å². The van der Waals surface area contributed by atoms with Crippen LogP contribution in [-0.4, -0.2) is 29.8 Å². The topological polar surface area (TPSA) is 49.4 Å². The van der Waals surface area contributed by atoms with Gasteiger partial charge in [-0.15, -0.1) is 0 Å². The molecule has 0 spiro atoms. The molecule has 1 aliphatic heterocycles. The normalized spacial score (nSPS) is 22.0. The summed E-state index contributed by atoms with van der Waals surface area (Å²) in [6.45, 7) is 1.82. The van der Waals surface area contributed by atoms with Crippen molar-refractivity contribution in [3.63, 3.8) is 0 Å². The van der Waals surface area contributed by atoms with Crippen LogP contribution in [0.4, 0.5) is 0 Å². The Labute approximate surface area is 154 Å². The predicted molar refractivity (Wildman–Crippen MR) is 99.2 cm³/mol. The van der Waals surface area contributed by atoms with Crippen LogP contribution in [0.15, 0.2) is 24.3 Å². The molecule has 0 aromatic heterocycles. The fourth-order valence-corrected chi connectivity index (χ4v) is 4.16. The van der Waals surface area contributed by atoms with E-state index < -0.39 is 0 Å². The molecule has 136 valence electrons. The highest BCUT2D eigenvalue weighted by atomic mass is 35.5. The number of nitrogens with zero attached hydrogens (tertiary/aromatic N) is 1. The number of hydrogen-bond donors (Lipinski definition) is 1. The van der Waals surface area contributed by atoms with Gasteiger partial charge in [-0.05, 0) is 36.8 Å². The zero-order valence-corrected chi connectivity index (χ0v) is 15.4. The fraction of sp³-hybridized carbons (Fsp3) is 0.600. The molecule has 0 unspecified atom stereocenters. The summed E-state index contributed by atoms with van der Waals surface area (Å²) in [6, 6.07) is 7.54. The fourth-order valence-electron chi connectivity index (χ4n) is 3.96. The van der Waals surface area contributed by atoms with Crippen LogP contribution in [0.3, 0.4) is 0 Å². The molecule has 5 heteroatoms. The molecule has 3 rings (SSSR count). The summed E-state index contributed by atoms with van der Waals surface area (Å²) in [5.74, 6) is 0.744. The molecule has 25 heavy (non-hydrogen) atoms. The van der Waals surface area contributed by atoms with Crippen molar-refractivity contribution < 1.29 is 9.59 Å². The van der Waals surface area contributed by atoms with Crippen LogP contribution in [0, 0.1) is 11.8 Å².